The molecule has 22 heavy (non-hydrogen) atoms. The van der Waals surface area contributed by atoms with Gasteiger partial charge in [0, 0.05) is 12.5 Å². The zero-order valence-corrected chi connectivity index (χ0v) is 14.3. The van der Waals surface area contributed by atoms with Gasteiger partial charge in [-0.05, 0) is 43.4 Å². The first-order chi connectivity index (χ1) is 10.5. The minimum atomic E-state index is 0.0365. The highest BCUT2D eigenvalue weighted by molar-refractivity contribution is 5.92. The number of ether oxygens (including phenoxy) is 1. The van der Waals surface area contributed by atoms with E-state index in [1.54, 1.807) is 0 Å². The quantitative estimate of drug-likeness (QED) is 0.730. The van der Waals surface area contributed by atoms with Gasteiger partial charge < -0.3 is 15.8 Å². The van der Waals surface area contributed by atoms with E-state index >= 15 is 0 Å². The third-order valence-electron chi connectivity index (χ3n) is 3.71. The molecule has 0 saturated carbocycles. The highest BCUT2D eigenvalue weighted by atomic mass is 16.5. The largest absolute Gasteiger partial charge is 0.492 e. The molecule has 0 fully saturated rings. The highest BCUT2D eigenvalue weighted by Crippen LogP contribution is 2.27. The Labute approximate surface area is 134 Å². The zero-order chi connectivity index (χ0) is 16.5. The molecule has 3 N–H and O–H groups in total. The van der Waals surface area contributed by atoms with Crippen LogP contribution >= 0.6 is 0 Å². The summed E-state index contributed by atoms with van der Waals surface area (Å²) < 4.78 is 5.67. The van der Waals surface area contributed by atoms with E-state index in [9.17, 15) is 4.79 Å². The van der Waals surface area contributed by atoms with Crippen molar-refractivity contribution in [3.63, 3.8) is 0 Å². The molecule has 1 aromatic carbocycles. The van der Waals surface area contributed by atoms with Crippen LogP contribution in [-0.2, 0) is 11.2 Å². The molecular formula is C18H30N2O2. The number of carbonyl (C=O) groups is 1. The maximum Gasteiger partial charge on any atom is 0.224 e. The molecule has 0 spiro atoms. The molecular weight excluding hydrogens is 276 g/mol. The van der Waals surface area contributed by atoms with E-state index in [1.165, 1.54) is 0 Å². The van der Waals surface area contributed by atoms with Crippen molar-refractivity contribution < 1.29 is 9.53 Å². The maximum absolute atomic E-state index is 11.9. The molecule has 1 atom stereocenters. The summed E-state index contributed by atoms with van der Waals surface area (Å²) in [4.78, 5) is 11.9. The topological polar surface area (TPSA) is 64.4 Å². The molecule has 1 aromatic rings. The summed E-state index contributed by atoms with van der Waals surface area (Å²) in [5.41, 5.74) is 8.01. The number of nitrogens with two attached hydrogens (primary N) is 1. The summed E-state index contributed by atoms with van der Waals surface area (Å²) in [5.74, 6) is 1.19. The summed E-state index contributed by atoms with van der Waals surface area (Å²) in [6, 6.07) is 6.04. The molecule has 124 valence electrons. The Morgan fingerprint density at radius 1 is 1.32 bits per heavy atom. The van der Waals surface area contributed by atoms with E-state index in [4.69, 9.17) is 10.5 Å². The summed E-state index contributed by atoms with van der Waals surface area (Å²) in [6.07, 6.45) is 3.26. The van der Waals surface area contributed by atoms with E-state index in [0.717, 1.165) is 36.3 Å². The van der Waals surface area contributed by atoms with Crippen molar-refractivity contribution in [1.29, 1.82) is 0 Å². The van der Waals surface area contributed by atoms with Crippen LogP contribution in [0.25, 0.3) is 0 Å². The van der Waals surface area contributed by atoms with Gasteiger partial charge in [0.25, 0.3) is 0 Å². The van der Waals surface area contributed by atoms with Crippen LogP contribution in [0.5, 0.6) is 5.75 Å². The van der Waals surface area contributed by atoms with Crippen molar-refractivity contribution >= 4 is 11.6 Å². The minimum absolute atomic E-state index is 0.0365. The van der Waals surface area contributed by atoms with Crippen LogP contribution in [0.1, 0.15) is 52.5 Å². The first-order valence-electron chi connectivity index (χ1n) is 8.29. The van der Waals surface area contributed by atoms with Gasteiger partial charge in [0.15, 0.2) is 0 Å². The lowest BCUT2D eigenvalue weighted by atomic mass is 9.97. The predicted octanol–water partition coefficient (Wildman–Crippen LogP) is 3.74. The van der Waals surface area contributed by atoms with Gasteiger partial charge in [-0.1, -0.05) is 33.3 Å². The number of hydrogen-bond donors (Lipinski definition) is 2. The second-order valence-corrected chi connectivity index (χ2v) is 6.03. The Balaban J connectivity index is 2.83. The van der Waals surface area contributed by atoms with Crippen molar-refractivity contribution in [3.05, 3.63) is 23.8 Å². The Morgan fingerprint density at radius 2 is 2.05 bits per heavy atom. The SMILES string of the molecule is CCCCC(=O)Nc1ccc(CC(N)C(C)C)cc1OCC. The van der Waals surface area contributed by atoms with Gasteiger partial charge in [0.2, 0.25) is 5.91 Å². The van der Waals surface area contributed by atoms with Gasteiger partial charge in [-0.3, -0.25) is 4.79 Å². The number of amides is 1. The fraction of sp³-hybridized carbons (Fsp3) is 0.611. The first-order valence-corrected chi connectivity index (χ1v) is 8.29. The van der Waals surface area contributed by atoms with Crippen LogP contribution in [0.15, 0.2) is 18.2 Å². The molecule has 4 nitrogen and oxygen atoms in total. The van der Waals surface area contributed by atoms with E-state index in [0.29, 0.717) is 18.9 Å². The summed E-state index contributed by atoms with van der Waals surface area (Å²) in [7, 11) is 0. The van der Waals surface area contributed by atoms with Gasteiger partial charge >= 0.3 is 0 Å². The standard InChI is InChI=1S/C18H30N2O2/c1-5-7-8-18(21)20-16-10-9-14(11-15(19)13(3)4)12-17(16)22-6-2/h9-10,12-13,15H,5-8,11,19H2,1-4H3,(H,20,21). The molecule has 0 aliphatic rings. The molecule has 1 unspecified atom stereocenters. The second kappa shape index (κ2) is 9.46. The Morgan fingerprint density at radius 3 is 2.64 bits per heavy atom. The van der Waals surface area contributed by atoms with Crippen LogP contribution in [0.4, 0.5) is 5.69 Å². The van der Waals surface area contributed by atoms with Crippen LogP contribution < -0.4 is 15.8 Å². The first kappa shape index (κ1) is 18.5. The van der Waals surface area contributed by atoms with E-state index in [-0.39, 0.29) is 11.9 Å². The molecule has 1 amide bonds. The van der Waals surface area contributed by atoms with Crippen molar-refractivity contribution in [1.82, 2.24) is 0 Å². The molecule has 4 heteroatoms. The number of unbranched alkanes of at least 4 members (excludes halogenated alkanes) is 1. The van der Waals surface area contributed by atoms with Crippen LogP contribution in [0, 0.1) is 5.92 Å². The molecule has 0 aliphatic carbocycles. The monoisotopic (exact) mass is 306 g/mol. The Kier molecular flexibility index (Phi) is 7.96. The fourth-order valence-electron chi connectivity index (χ4n) is 2.13. The normalized spacial score (nSPS) is 12.3. The fourth-order valence-corrected chi connectivity index (χ4v) is 2.13. The van der Waals surface area contributed by atoms with Crippen LogP contribution in [0.2, 0.25) is 0 Å². The number of nitrogens with one attached hydrogen (secondary N) is 1. The lowest BCUT2D eigenvalue weighted by Crippen LogP contribution is -2.28. The third kappa shape index (κ3) is 6.06. The molecule has 0 bridgehead atoms. The predicted molar refractivity (Wildman–Crippen MR) is 92.3 cm³/mol. The summed E-state index contributed by atoms with van der Waals surface area (Å²) >= 11 is 0. The van der Waals surface area contributed by atoms with Gasteiger partial charge in [-0.15, -0.1) is 0 Å². The van der Waals surface area contributed by atoms with E-state index in [1.807, 2.05) is 25.1 Å². The van der Waals surface area contributed by atoms with Crippen molar-refractivity contribution in [2.24, 2.45) is 11.7 Å². The molecule has 1 rings (SSSR count). The Hall–Kier alpha value is -1.55. The minimum Gasteiger partial charge on any atom is -0.492 e. The van der Waals surface area contributed by atoms with E-state index in [2.05, 4.69) is 26.1 Å². The van der Waals surface area contributed by atoms with Crippen molar-refractivity contribution in [3.8, 4) is 5.75 Å². The molecule has 0 heterocycles. The maximum atomic E-state index is 11.9. The molecule has 0 radical (unpaired) electrons. The average molecular weight is 306 g/mol. The smallest absolute Gasteiger partial charge is 0.224 e. The van der Waals surface area contributed by atoms with Gasteiger partial charge in [-0.25, -0.2) is 0 Å². The lowest BCUT2D eigenvalue weighted by molar-refractivity contribution is -0.116. The molecule has 0 saturated heterocycles. The third-order valence-corrected chi connectivity index (χ3v) is 3.71. The molecule has 0 aliphatic heterocycles. The van der Waals surface area contributed by atoms with Crippen LogP contribution in [0.3, 0.4) is 0 Å². The van der Waals surface area contributed by atoms with Crippen molar-refractivity contribution in [2.75, 3.05) is 11.9 Å². The summed E-state index contributed by atoms with van der Waals surface area (Å²) in [5, 5.41) is 2.94. The second-order valence-electron chi connectivity index (χ2n) is 6.03. The van der Waals surface area contributed by atoms with E-state index < -0.39 is 0 Å². The number of hydrogen-bond acceptors (Lipinski definition) is 3. The molecule has 0 aromatic heterocycles. The van der Waals surface area contributed by atoms with Gasteiger partial charge in [0.1, 0.15) is 5.75 Å². The Bertz CT molecular complexity index is 472. The summed E-state index contributed by atoms with van der Waals surface area (Å²) in [6.45, 7) is 8.82. The van der Waals surface area contributed by atoms with Gasteiger partial charge in [0.05, 0.1) is 12.3 Å². The number of carbonyl (C=O) groups excluding carboxylic acids is 1. The number of anilines is 1. The highest BCUT2D eigenvalue weighted by Gasteiger charge is 2.12. The number of rotatable bonds is 9. The van der Waals surface area contributed by atoms with Crippen LogP contribution in [-0.4, -0.2) is 18.6 Å². The zero-order valence-electron chi connectivity index (χ0n) is 14.3. The lowest BCUT2D eigenvalue weighted by Gasteiger charge is -2.17. The van der Waals surface area contributed by atoms with Crippen molar-refractivity contribution in [2.45, 2.75) is 59.4 Å². The number of benzene rings is 1. The average Bonchev–Trinajstić information content (AvgIpc) is 2.48. The van der Waals surface area contributed by atoms with Gasteiger partial charge in [-0.2, -0.15) is 0 Å².